The van der Waals surface area contributed by atoms with Crippen molar-refractivity contribution in [1.29, 1.82) is 0 Å². The van der Waals surface area contributed by atoms with Crippen LogP contribution in [0.2, 0.25) is 0 Å². The second-order valence-corrected chi connectivity index (χ2v) is 9.60. The van der Waals surface area contributed by atoms with E-state index in [-0.39, 0.29) is 12.2 Å². The number of nitrogens with one attached hydrogen (secondary N) is 1. The fourth-order valence-electron chi connectivity index (χ4n) is 6.20. The van der Waals surface area contributed by atoms with Crippen molar-refractivity contribution < 1.29 is 19.0 Å². The molecule has 2 aliphatic rings. The van der Waals surface area contributed by atoms with Gasteiger partial charge in [0.2, 0.25) is 0 Å². The summed E-state index contributed by atoms with van der Waals surface area (Å²) < 4.78 is 19.0. The van der Waals surface area contributed by atoms with Crippen LogP contribution in [0, 0.1) is 6.92 Å². The largest absolute Gasteiger partial charge is 0.496 e. The van der Waals surface area contributed by atoms with Crippen LogP contribution in [0.15, 0.2) is 42.6 Å². The lowest BCUT2D eigenvalue weighted by atomic mass is 9.72. The topological polar surface area (TPSA) is 68.8 Å². The number of aryl methyl sites for hydroxylation is 1. The van der Waals surface area contributed by atoms with Crippen molar-refractivity contribution in [3.63, 3.8) is 0 Å². The highest BCUT2D eigenvalue weighted by atomic mass is 19.1. The summed E-state index contributed by atoms with van der Waals surface area (Å²) in [6, 6.07) is 11.9. The Bertz CT molecular complexity index is 1190. The van der Waals surface area contributed by atoms with Gasteiger partial charge < -0.3 is 14.8 Å². The Morgan fingerprint density at radius 1 is 1.26 bits per heavy atom. The number of halogens is 1. The molecule has 2 fully saturated rings. The minimum Gasteiger partial charge on any atom is -0.496 e. The first-order valence-corrected chi connectivity index (χ1v) is 12.0. The molecule has 2 aliphatic heterocycles. The maximum absolute atomic E-state index is 13.2. The molecule has 2 atom stereocenters. The molecule has 6 nitrogen and oxygen atoms in total. The number of aromatic nitrogens is 1. The molecule has 2 N–H and O–H groups in total. The standard InChI is InChI=1S/C27H32FN3O3/c1-18-15-24(34-2)23(22-7-11-29-25(18)22)17-31-12-8-21-16-27(31,9-13-30(21)14-10-28)20-5-3-19(4-6-20)26(32)33/h3-7,11,15,21,29H,8-10,12-14,16-17H2,1-2H3,(H,32,33)/t21-,27-/m1/s1. The van der Waals surface area contributed by atoms with Gasteiger partial charge in [-0.05, 0) is 61.6 Å². The number of alkyl halides is 1. The van der Waals surface area contributed by atoms with Crippen LogP contribution in [0.4, 0.5) is 4.39 Å². The molecule has 0 amide bonds. The third-order valence-corrected chi connectivity index (χ3v) is 7.96. The second kappa shape index (κ2) is 9.04. The predicted molar refractivity (Wildman–Crippen MR) is 130 cm³/mol. The number of likely N-dealkylation sites (tertiary alicyclic amines) is 2. The van der Waals surface area contributed by atoms with Gasteiger partial charge in [0.15, 0.2) is 0 Å². The Morgan fingerprint density at radius 2 is 2.06 bits per heavy atom. The molecule has 0 aliphatic carbocycles. The average Bonchev–Trinajstić information content (AvgIpc) is 3.35. The van der Waals surface area contributed by atoms with E-state index in [0.29, 0.717) is 18.2 Å². The van der Waals surface area contributed by atoms with Crippen molar-refractivity contribution in [2.45, 2.75) is 44.3 Å². The highest BCUT2D eigenvalue weighted by molar-refractivity contribution is 5.88. The Hall–Kier alpha value is -2.90. The number of aromatic amines is 1. The summed E-state index contributed by atoms with van der Waals surface area (Å²) >= 11 is 0. The monoisotopic (exact) mass is 465 g/mol. The molecule has 3 heterocycles. The highest BCUT2D eigenvalue weighted by Gasteiger charge is 2.48. The number of carboxylic acid groups (broad SMARTS) is 1. The van der Waals surface area contributed by atoms with Gasteiger partial charge in [0, 0.05) is 60.4 Å². The summed E-state index contributed by atoms with van der Waals surface area (Å²) in [5.74, 6) is -0.0302. The molecule has 0 spiro atoms. The lowest BCUT2D eigenvalue weighted by Gasteiger charge is -2.56. The number of H-pyrrole nitrogens is 1. The van der Waals surface area contributed by atoms with Gasteiger partial charge in [0.05, 0.1) is 12.7 Å². The summed E-state index contributed by atoms with van der Waals surface area (Å²) in [7, 11) is 1.72. The van der Waals surface area contributed by atoms with Crippen LogP contribution in [-0.2, 0) is 12.1 Å². The fourth-order valence-corrected chi connectivity index (χ4v) is 6.20. The highest BCUT2D eigenvalue weighted by Crippen LogP contribution is 2.47. The van der Waals surface area contributed by atoms with Gasteiger partial charge in [0.25, 0.3) is 0 Å². The number of carbonyl (C=O) groups is 1. The minimum absolute atomic E-state index is 0.231. The number of carboxylic acids is 1. The van der Waals surface area contributed by atoms with Crippen molar-refractivity contribution in [3.8, 4) is 5.75 Å². The number of nitrogens with zero attached hydrogens (tertiary/aromatic N) is 2. The number of hydrogen-bond acceptors (Lipinski definition) is 4. The van der Waals surface area contributed by atoms with Crippen LogP contribution < -0.4 is 4.74 Å². The zero-order chi connectivity index (χ0) is 23.9. The van der Waals surface area contributed by atoms with E-state index >= 15 is 0 Å². The van der Waals surface area contributed by atoms with Gasteiger partial charge in [-0.1, -0.05) is 12.1 Å². The van der Waals surface area contributed by atoms with Gasteiger partial charge in [-0.2, -0.15) is 0 Å². The Kier molecular flexibility index (Phi) is 6.08. The molecule has 2 saturated heterocycles. The number of benzene rings is 2. The van der Waals surface area contributed by atoms with E-state index in [9.17, 15) is 14.3 Å². The number of piperidine rings is 2. The molecule has 2 bridgehead atoms. The summed E-state index contributed by atoms with van der Waals surface area (Å²) in [5, 5.41) is 10.6. The van der Waals surface area contributed by atoms with Crippen LogP contribution in [0.25, 0.3) is 10.9 Å². The maximum Gasteiger partial charge on any atom is 0.335 e. The average molecular weight is 466 g/mol. The third-order valence-electron chi connectivity index (χ3n) is 7.96. The second-order valence-electron chi connectivity index (χ2n) is 9.60. The number of ether oxygens (including phenoxy) is 1. The maximum atomic E-state index is 13.2. The molecule has 0 saturated carbocycles. The SMILES string of the molecule is COc1cc(C)c2[nH]ccc2c1CN1CC[C@@H]2C[C@@]1(c1ccc(C(=O)O)cc1)CCN2CCF. The summed E-state index contributed by atoms with van der Waals surface area (Å²) in [5.41, 5.74) is 4.64. The molecule has 3 aromatic rings. The predicted octanol–water partition coefficient (Wildman–Crippen LogP) is 4.72. The van der Waals surface area contributed by atoms with Crippen molar-refractivity contribution in [3.05, 3.63) is 64.8 Å². The van der Waals surface area contributed by atoms with E-state index < -0.39 is 5.97 Å². The summed E-state index contributed by atoms with van der Waals surface area (Å²) in [6.07, 6.45) is 4.74. The van der Waals surface area contributed by atoms with Crippen molar-refractivity contribution in [1.82, 2.24) is 14.8 Å². The number of methoxy groups -OCH3 is 1. The molecule has 0 radical (unpaired) electrons. The summed E-state index contributed by atoms with van der Waals surface area (Å²) in [4.78, 5) is 19.7. The quantitative estimate of drug-likeness (QED) is 0.529. The van der Waals surface area contributed by atoms with Crippen LogP contribution in [0.1, 0.15) is 46.3 Å². The Morgan fingerprint density at radius 3 is 2.76 bits per heavy atom. The number of fused-ring (bicyclic) bond motifs is 3. The zero-order valence-corrected chi connectivity index (χ0v) is 19.8. The number of aromatic carboxylic acids is 1. The number of hydrogen-bond donors (Lipinski definition) is 2. The molecule has 2 aromatic carbocycles. The smallest absolute Gasteiger partial charge is 0.335 e. The molecule has 180 valence electrons. The van der Waals surface area contributed by atoms with E-state index in [0.717, 1.165) is 66.9 Å². The van der Waals surface area contributed by atoms with Crippen LogP contribution in [0.3, 0.4) is 0 Å². The zero-order valence-electron chi connectivity index (χ0n) is 19.8. The van der Waals surface area contributed by atoms with Gasteiger partial charge in [-0.3, -0.25) is 9.80 Å². The first-order chi connectivity index (χ1) is 16.5. The lowest BCUT2D eigenvalue weighted by molar-refractivity contribution is -0.0612. The van der Waals surface area contributed by atoms with E-state index in [1.807, 2.05) is 18.3 Å². The third kappa shape index (κ3) is 3.77. The van der Waals surface area contributed by atoms with Crippen LogP contribution in [0.5, 0.6) is 5.75 Å². The molecule has 5 rings (SSSR count). The van der Waals surface area contributed by atoms with Crippen molar-refractivity contribution in [2.75, 3.05) is 33.4 Å². The van der Waals surface area contributed by atoms with E-state index in [4.69, 9.17) is 4.74 Å². The first kappa shape index (κ1) is 22.9. The van der Waals surface area contributed by atoms with Crippen molar-refractivity contribution >= 4 is 16.9 Å². The molecule has 7 heteroatoms. The molecule has 1 aromatic heterocycles. The number of rotatable bonds is 7. The van der Waals surface area contributed by atoms with Crippen LogP contribution in [-0.4, -0.2) is 65.3 Å². The van der Waals surface area contributed by atoms with E-state index in [2.05, 4.69) is 33.8 Å². The normalized spacial score (nSPS) is 23.3. The van der Waals surface area contributed by atoms with Gasteiger partial charge >= 0.3 is 5.97 Å². The fraction of sp³-hybridized carbons (Fsp3) is 0.444. The van der Waals surface area contributed by atoms with E-state index in [1.54, 1.807) is 19.2 Å². The van der Waals surface area contributed by atoms with E-state index in [1.165, 1.54) is 5.39 Å². The molecular formula is C27H32FN3O3. The van der Waals surface area contributed by atoms with Gasteiger partial charge in [0.1, 0.15) is 12.4 Å². The Balaban J connectivity index is 1.56. The first-order valence-electron chi connectivity index (χ1n) is 12.0. The van der Waals surface area contributed by atoms with Crippen LogP contribution >= 0.6 is 0 Å². The van der Waals surface area contributed by atoms with Gasteiger partial charge in [-0.25, -0.2) is 9.18 Å². The molecule has 34 heavy (non-hydrogen) atoms. The minimum atomic E-state index is -0.917. The molecule has 0 unspecified atom stereocenters. The Labute approximate surface area is 199 Å². The lowest BCUT2D eigenvalue weighted by Crippen LogP contribution is -2.61. The van der Waals surface area contributed by atoms with Gasteiger partial charge in [-0.15, -0.1) is 0 Å². The van der Waals surface area contributed by atoms with Crippen molar-refractivity contribution in [2.24, 2.45) is 0 Å². The molecular weight excluding hydrogens is 433 g/mol. The summed E-state index contributed by atoms with van der Waals surface area (Å²) in [6.45, 7) is 4.69.